The Kier molecular flexibility index (Phi) is 8.07. The lowest BCUT2D eigenvalue weighted by molar-refractivity contribution is -0.385. The summed E-state index contributed by atoms with van der Waals surface area (Å²) in [6.45, 7) is 1.32. The molecule has 3 aromatic carbocycles. The van der Waals surface area contributed by atoms with E-state index in [-0.39, 0.29) is 23.9 Å². The van der Waals surface area contributed by atoms with Crippen LogP contribution in [-0.4, -0.2) is 36.1 Å². The molecule has 0 spiro atoms. The molecule has 0 fully saturated rings. The Labute approximate surface area is 196 Å². The first-order chi connectivity index (χ1) is 16.4. The highest BCUT2D eigenvalue weighted by atomic mass is 16.6. The van der Waals surface area contributed by atoms with Crippen molar-refractivity contribution in [1.82, 2.24) is 10.7 Å². The number of rotatable bonds is 9. The molecule has 2 amide bonds. The summed E-state index contributed by atoms with van der Waals surface area (Å²) in [7, 11) is 1.34. The predicted octanol–water partition coefficient (Wildman–Crippen LogP) is 3.39. The van der Waals surface area contributed by atoms with Gasteiger partial charge < -0.3 is 10.1 Å². The van der Waals surface area contributed by atoms with Gasteiger partial charge in [0.05, 0.1) is 30.2 Å². The average molecular weight is 460 g/mol. The van der Waals surface area contributed by atoms with Gasteiger partial charge in [-0.05, 0) is 30.2 Å². The first kappa shape index (κ1) is 24.1. The lowest BCUT2D eigenvalue weighted by Crippen LogP contribution is -2.38. The van der Waals surface area contributed by atoms with Crippen molar-refractivity contribution in [1.29, 1.82) is 0 Å². The Hall–Kier alpha value is -4.53. The predicted molar refractivity (Wildman–Crippen MR) is 128 cm³/mol. The van der Waals surface area contributed by atoms with Gasteiger partial charge in [-0.25, -0.2) is 5.43 Å². The summed E-state index contributed by atoms with van der Waals surface area (Å²) in [5.41, 5.74) is 4.58. The number of carbonyl (C=O) groups excluding carboxylic acids is 2. The third-order valence-electron chi connectivity index (χ3n) is 5.09. The van der Waals surface area contributed by atoms with E-state index in [1.807, 2.05) is 60.7 Å². The highest BCUT2D eigenvalue weighted by Crippen LogP contribution is 2.28. The second-order valence-electron chi connectivity index (χ2n) is 7.35. The minimum absolute atomic E-state index is 0.125. The number of nitro groups is 1. The van der Waals surface area contributed by atoms with Gasteiger partial charge in [-0.1, -0.05) is 60.7 Å². The van der Waals surface area contributed by atoms with Crippen molar-refractivity contribution >= 4 is 23.2 Å². The molecule has 0 saturated carbocycles. The summed E-state index contributed by atoms with van der Waals surface area (Å²) in [6, 6.07) is 23.0. The molecule has 0 heterocycles. The first-order valence-corrected chi connectivity index (χ1v) is 10.4. The minimum Gasteiger partial charge on any atom is -0.490 e. The topological polar surface area (TPSA) is 123 Å². The van der Waals surface area contributed by atoms with E-state index < -0.39 is 16.7 Å². The van der Waals surface area contributed by atoms with Crippen LogP contribution in [-0.2, 0) is 9.59 Å². The van der Waals surface area contributed by atoms with Crippen molar-refractivity contribution < 1.29 is 19.2 Å². The SMILES string of the molecule is COc1ccc(/C(C)=N\NC(=O)CNC(=O)C(c2ccccc2)c2ccccc2)cc1[N+](=O)[O-]. The zero-order chi connectivity index (χ0) is 24.5. The van der Waals surface area contributed by atoms with Gasteiger partial charge in [-0.2, -0.15) is 5.10 Å². The van der Waals surface area contributed by atoms with Crippen molar-refractivity contribution in [2.45, 2.75) is 12.8 Å². The van der Waals surface area contributed by atoms with Crippen molar-refractivity contribution in [2.75, 3.05) is 13.7 Å². The second kappa shape index (κ2) is 11.4. The summed E-state index contributed by atoms with van der Waals surface area (Å²) < 4.78 is 4.99. The maximum Gasteiger partial charge on any atom is 0.311 e. The van der Waals surface area contributed by atoms with E-state index in [9.17, 15) is 19.7 Å². The van der Waals surface area contributed by atoms with Crippen molar-refractivity contribution in [3.8, 4) is 5.75 Å². The summed E-state index contributed by atoms with van der Waals surface area (Å²) >= 11 is 0. The van der Waals surface area contributed by atoms with Gasteiger partial charge >= 0.3 is 5.69 Å². The maximum atomic E-state index is 13.0. The molecule has 0 saturated heterocycles. The van der Waals surface area contributed by atoms with Crippen LogP contribution in [0.1, 0.15) is 29.5 Å². The highest BCUT2D eigenvalue weighted by molar-refractivity contribution is 6.00. The van der Waals surface area contributed by atoms with E-state index in [4.69, 9.17) is 4.74 Å². The molecule has 0 aromatic heterocycles. The zero-order valence-corrected chi connectivity index (χ0v) is 18.7. The summed E-state index contributed by atoms with van der Waals surface area (Å²) in [5, 5.41) is 17.9. The fourth-order valence-electron chi connectivity index (χ4n) is 3.36. The Balaban J connectivity index is 1.66. The monoisotopic (exact) mass is 460 g/mol. The third kappa shape index (κ3) is 6.04. The summed E-state index contributed by atoms with van der Waals surface area (Å²) in [6.07, 6.45) is 0. The van der Waals surface area contributed by atoms with E-state index in [2.05, 4.69) is 15.8 Å². The van der Waals surface area contributed by atoms with Gasteiger partial charge in [0.2, 0.25) is 5.91 Å². The van der Waals surface area contributed by atoms with Crippen LogP contribution in [0.2, 0.25) is 0 Å². The minimum atomic E-state index is -0.569. The number of hydrazone groups is 1. The van der Waals surface area contributed by atoms with E-state index in [0.717, 1.165) is 11.1 Å². The zero-order valence-electron chi connectivity index (χ0n) is 18.7. The number of benzene rings is 3. The molecular formula is C25H24N4O5. The van der Waals surface area contributed by atoms with Gasteiger partial charge in [-0.3, -0.25) is 19.7 Å². The molecular weight excluding hydrogens is 436 g/mol. The quantitative estimate of drug-likeness (QED) is 0.288. The smallest absolute Gasteiger partial charge is 0.311 e. The number of hydrogen-bond acceptors (Lipinski definition) is 6. The normalized spacial score (nSPS) is 11.1. The molecule has 9 heteroatoms. The average Bonchev–Trinajstić information content (AvgIpc) is 2.87. The first-order valence-electron chi connectivity index (χ1n) is 10.4. The molecule has 9 nitrogen and oxygen atoms in total. The molecule has 3 rings (SSSR count). The van der Waals surface area contributed by atoms with Gasteiger partial charge in [0.15, 0.2) is 5.75 Å². The van der Waals surface area contributed by atoms with Crippen LogP contribution in [0, 0.1) is 10.1 Å². The van der Waals surface area contributed by atoms with Gasteiger partial charge in [0.25, 0.3) is 5.91 Å². The van der Waals surface area contributed by atoms with Crippen LogP contribution in [0.4, 0.5) is 5.69 Å². The molecule has 3 aromatic rings. The molecule has 0 aliphatic rings. The molecule has 0 aliphatic carbocycles. The number of nitro benzene ring substituents is 1. The number of methoxy groups -OCH3 is 1. The van der Waals surface area contributed by atoms with Crippen molar-refractivity contribution in [3.63, 3.8) is 0 Å². The number of ether oxygens (including phenoxy) is 1. The second-order valence-corrected chi connectivity index (χ2v) is 7.35. The van der Waals surface area contributed by atoms with Crippen LogP contribution in [0.25, 0.3) is 0 Å². The molecule has 0 radical (unpaired) electrons. The van der Waals surface area contributed by atoms with Crippen LogP contribution in [0.3, 0.4) is 0 Å². The molecule has 0 bridgehead atoms. The van der Waals surface area contributed by atoms with E-state index >= 15 is 0 Å². The largest absolute Gasteiger partial charge is 0.490 e. The summed E-state index contributed by atoms with van der Waals surface area (Å²) in [4.78, 5) is 35.9. The lowest BCUT2D eigenvalue weighted by Gasteiger charge is -2.17. The Bertz CT molecular complexity index is 1160. The van der Waals surface area contributed by atoms with E-state index in [1.165, 1.54) is 19.2 Å². The number of nitrogens with one attached hydrogen (secondary N) is 2. The van der Waals surface area contributed by atoms with Crippen LogP contribution < -0.4 is 15.5 Å². The van der Waals surface area contributed by atoms with E-state index in [1.54, 1.807) is 13.0 Å². The molecule has 34 heavy (non-hydrogen) atoms. The molecule has 0 atom stereocenters. The lowest BCUT2D eigenvalue weighted by atomic mass is 9.90. The Morgan fingerprint density at radius 3 is 2.12 bits per heavy atom. The fourth-order valence-corrected chi connectivity index (χ4v) is 3.36. The molecule has 2 N–H and O–H groups in total. The van der Waals surface area contributed by atoms with Crippen molar-refractivity contribution in [3.05, 3.63) is 106 Å². The fraction of sp³-hybridized carbons (Fsp3) is 0.160. The van der Waals surface area contributed by atoms with Gasteiger partial charge in [0.1, 0.15) is 0 Å². The number of hydrogen-bond donors (Lipinski definition) is 2. The van der Waals surface area contributed by atoms with Gasteiger partial charge in [0, 0.05) is 11.6 Å². The number of nitrogens with zero attached hydrogens (tertiary/aromatic N) is 2. The highest BCUT2D eigenvalue weighted by Gasteiger charge is 2.23. The number of amides is 2. The third-order valence-corrected chi connectivity index (χ3v) is 5.09. The van der Waals surface area contributed by atoms with Crippen LogP contribution in [0.15, 0.2) is 84.0 Å². The molecule has 0 aliphatic heterocycles. The summed E-state index contributed by atoms with van der Waals surface area (Å²) in [5.74, 6) is -1.30. The Morgan fingerprint density at radius 2 is 1.59 bits per heavy atom. The van der Waals surface area contributed by atoms with E-state index in [0.29, 0.717) is 11.3 Å². The van der Waals surface area contributed by atoms with Crippen LogP contribution >= 0.6 is 0 Å². The van der Waals surface area contributed by atoms with Crippen molar-refractivity contribution in [2.24, 2.45) is 5.10 Å². The van der Waals surface area contributed by atoms with Gasteiger partial charge in [-0.15, -0.1) is 0 Å². The van der Waals surface area contributed by atoms with Crippen LogP contribution in [0.5, 0.6) is 5.75 Å². The standard InChI is InChI=1S/C25H24N4O5/c1-17(20-13-14-22(34-2)21(15-20)29(32)33)27-28-23(30)16-26-25(31)24(18-9-5-3-6-10-18)19-11-7-4-8-12-19/h3-15,24H,16H2,1-2H3,(H,26,31)(H,28,30)/b27-17-. The maximum absolute atomic E-state index is 13.0. The molecule has 0 unspecified atom stereocenters. The number of carbonyl (C=O) groups is 2. The molecule has 174 valence electrons. The Morgan fingerprint density at radius 1 is 1.00 bits per heavy atom.